The zero-order chi connectivity index (χ0) is 16.7. The highest BCUT2D eigenvalue weighted by Crippen LogP contribution is 2.24. The summed E-state index contributed by atoms with van der Waals surface area (Å²) in [5, 5.41) is 15.4. The van der Waals surface area contributed by atoms with Gasteiger partial charge in [-0.3, -0.25) is 4.79 Å². The van der Waals surface area contributed by atoms with E-state index in [1.807, 2.05) is 19.1 Å². The number of rotatable bonds is 7. The van der Waals surface area contributed by atoms with Gasteiger partial charge in [0.05, 0.1) is 36.2 Å². The van der Waals surface area contributed by atoms with Gasteiger partial charge in [-0.1, -0.05) is 29.8 Å². The van der Waals surface area contributed by atoms with Crippen molar-refractivity contribution in [2.75, 3.05) is 23.8 Å². The molecule has 0 aliphatic carbocycles. The highest BCUT2D eigenvalue weighted by atomic mass is 35.5. The van der Waals surface area contributed by atoms with Crippen molar-refractivity contribution < 1.29 is 14.6 Å². The maximum atomic E-state index is 12.1. The van der Waals surface area contributed by atoms with Crippen molar-refractivity contribution in [3.63, 3.8) is 0 Å². The van der Waals surface area contributed by atoms with Crippen molar-refractivity contribution in [1.29, 1.82) is 0 Å². The molecule has 0 aliphatic heterocycles. The fourth-order valence-corrected chi connectivity index (χ4v) is 2.21. The molecule has 0 heterocycles. The largest absolute Gasteiger partial charge is 0.492 e. The Balaban J connectivity index is 1.98. The number of hydrogen-bond donors (Lipinski definition) is 3. The number of nitrogens with one attached hydrogen (secondary N) is 2. The van der Waals surface area contributed by atoms with Crippen LogP contribution < -0.4 is 15.4 Å². The van der Waals surface area contributed by atoms with Gasteiger partial charge in [0, 0.05) is 0 Å². The number of para-hydroxylation sites is 2. The average Bonchev–Trinajstić information content (AvgIpc) is 2.56. The van der Waals surface area contributed by atoms with Gasteiger partial charge in [-0.05, 0) is 36.8 Å². The number of amides is 1. The van der Waals surface area contributed by atoms with E-state index in [1.54, 1.807) is 30.3 Å². The Morgan fingerprint density at radius 1 is 1.22 bits per heavy atom. The van der Waals surface area contributed by atoms with Crippen LogP contribution in [0, 0.1) is 0 Å². The predicted molar refractivity (Wildman–Crippen MR) is 92.1 cm³/mol. The molecule has 23 heavy (non-hydrogen) atoms. The van der Waals surface area contributed by atoms with Crippen LogP contribution in [0.25, 0.3) is 0 Å². The molecule has 0 fully saturated rings. The molecule has 0 atom stereocenters. The Morgan fingerprint density at radius 3 is 2.74 bits per heavy atom. The average molecular weight is 335 g/mol. The fraction of sp³-hybridized carbons (Fsp3) is 0.235. The van der Waals surface area contributed by atoms with E-state index in [9.17, 15) is 4.79 Å². The molecule has 5 nitrogen and oxygen atoms in total. The number of aliphatic hydroxyl groups excluding tert-OH is 1. The third-order valence-electron chi connectivity index (χ3n) is 3.11. The molecule has 0 spiro atoms. The number of carbonyl (C=O) groups excluding carboxylic acids is 1. The molecule has 2 rings (SSSR count). The number of hydrogen-bond acceptors (Lipinski definition) is 4. The van der Waals surface area contributed by atoms with Crippen molar-refractivity contribution >= 4 is 28.9 Å². The van der Waals surface area contributed by atoms with Gasteiger partial charge in [0.2, 0.25) is 5.91 Å². The highest BCUT2D eigenvalue weighted by Gasteiger charge is 2.08. The number of carbonyl (C=O) groups is 1. The highest BCUT2D eigenvalue weighted by molar-refractivity contribution is 6.33. The topological polar surface area (TPSA) is 70.6 Å². The smallest absolute Gasteiger partial charge is 0.243 e. The molecule has 0 radical (unpaired) electrons. The van der Waals surface area contributed by atoms with Gasteiger partial charge in [0.25, 0.3) is 0 Å². The molecule has 0 aromatic heterocycles. The van der Waals surface area contributed by atoms with Gasteiger partial charge >= 0.3 is 0 Å². The number of ether oxygens (including phenoxy) is 1. The Morgan fingerprint density at radius 2 is 2.00 bits per heavy atom. The van der Waals surface area contributed by atoms with Gasteiger partial charge in [0.1, 0.15) is 5.75 Å². The van der Waals surface area contributed by atoms with E-state index in [4.69, 9.17) is 21.4 Å². The standard InChI is InChI=1S/C17H19ClN2O3/c1-2-23-16-6-4-3-5-14(16)20-17(22)10-19-15-9-12(11-21)7-8-13(15)18/h3-9,19,21H,2,10-11H2,1H3,(H,20,22). The summed E-state index contributed by atoms with van der Waals surface area (Å²) in [4.78, 5) is 12.1. The lowest BCUT2D eigenvalue weighted by Gasteiger charge is -2.13. The molecule has 0 bridgehead atoms. The van der Waals surface area contributed by atoms with Gasteiger partial charge in [-0.15, -0.1) is 0 Å². The van der Waals surface area contributed by atoms with E-state index < -0.39 is 0 Å². The Hall–Kier alpha value is -2.24. The Kier molecular flexibility index (Phi) is 6.26. The summed E-state index contributed by atoms with van der Waals surface area (Å²) in [5.41, 5.74) is 1.95. The van der Waals surface area contributed by atoms with Crippen LogP contribution in [0.5, 0.6) is 5.75 Å². The third kappa shape index (κ3) is 4.87. The van der Waals surface area contributed by atoms with Crippen LogP contribution in [-0.2, 0) is 11.4 Å². The van der Waals surface area contributed by atoms with E-state index in [2.05, 4.69) is 10.6 Å². The van der Waals surface area contributed by atoms with Crippen LogP contribution in [0.2, 0.25) is 5.02 Å². The second-order valence-corrected chi connectivity index (χ2v) is 5.21. The van der Waals surface area contributed by atoms with Crippen molar-refractivity contribution in [2.24, 2.45) is 0 Å². The summed E-state index contributed by atoms with van der Waals surface area (Å²) in [6, 6.07) is 12.4. The Labute approximate surface area is 140 Å². The minimum atomic E-state index is -0.220. The lowest BCUT2D eigenvalue weighted by atomic mass is 10.2. The predicted octanol–water partition coefficient (Wildman–Crippen LogP) is 3.28. The van der Waals surface area contributed by atoms with E-state index in [-0.39, 0.29) is 19.1 Å². The summed E-state index contributed by atoms with van der Waals surface area (Å²) in [6.07, 6.45) is 0. The molecule has 1 amide bonds. The van der Waals surface area contributed by atoms with Gasteiger partial charge in [0.15, 0.2) is 0 Å². The second kappa shape index (κ2) is 8.41. The van der Waals surface area contributed by atoms with Crippen LogP contribution in [-0.4, -0.2) is 24.2 Å². The van der Waals surface area contributed by atoms with E-state index in [0.29, 0.717) is 28.8 Å². The van der Waals surface area contributed by atoms with Crippen LogP contribution >= 0.6 is 11.6 Å². The van der Waals surface area contributed by atoms with Crippen molar-refractivity contribution in [3.05, 3.63) is 53.1 Å². The molecular weight excluding hydrogens is 316 g/mol. The summed E-state index contributed by atoms with van der Waals surface area (Å²) < 4.78 is 5.47. The number of aliphatic hydroxyl groups is 1. The normalized spacial score (nSPS) is 10.2. The number of benzene rings is 2. The van der Waals surface area contributed by atoms with E-state index >= 15 is 0 Å². The lowest BCUT2D eigenvalue weighted by Crippen LogP contribution is -2.22. The Bertz CT molecular complexity index is 677. The molecule has 2 aromatic rings. The maximum Gasteiger partial charge on any atom is 0.243 e. The van der Waals surface area contributed by atoms with Crippen molar-refractivity contribution in [3.8, 4) is 5.75 Å². The minimum Gasteiger partial charge on any atom is -0.492 e. The summed E-state index contributed by atoms with van der Waals surface area (Å²) in [5.74, 6) is 0.409. The zero-order valence-corrected chi connectivity index (χ0v) is 13.6. The molecule has 0 saturated carbocycles. The first kappa shape index (κ1) is 17.1. The molecule has 6 heteroatoms. The van der Waals surface area contributed by atoms with Gasteiger partial charge < -0.3 is 20.5 Å². The van der Waals surface area contributed by atoms with Gasteiger partial charge in [-0.2, -0.15) is 0 Å². The maximum absolute atomic E-state index is 12.1. The number of anilines is 2. The van der Waals surface area contributed by atoms with Crippen molar-refractivity contribution in [1.82, 2.24) is 0 Å². The van der Waals surface area contributed by atoms with E-state index in [0.717, 1.165) is 5.56 Å². The van der Waals surface area contributed by atoms with Crippen molar-refractivity contribution in [2.45, 2.75) is 13.5 Å². The second-order valence-electron chi connectivity index (χ2n) is 4.80. The molecule has 2 aromatic carbocycles. The monoisotopic (exact) mass is 334 g/mol. The molecule has 0 unspecified atom stereocenters. The first-order valence-corrected chi connectivity index (χ1v) is 7.66. The molecule has 122 valence electrons. The minimum absolute atomic E-state index is 0.0507. The van der Waals surface area contributed by atoms with Gasteiger partial charge in [-0.25, -0.2) is 0 Å². The first-order valence-electron chi connectivity index (χ1n) is 7.29. The van der Waals surface area contributed by atoms with E-state index in [1.165, 1.54) is 0 Å². The summed E-state index contributed by atoms with van der Waals surface area (Å²) in [7, 11) is 0. The molecule has 0 saturated heterocycles. The summed E-state index contributed by atoms with van der Waals surface area (Å²) >= 11 is 6.07. The first-order chi connectivity index (χ1) is 11.1. The third-order valence-corrected chi connectivity index (χ3v) is 3.44. The fourth-order valence-electron chi connectivity index (χ4n) is 2.03. The SMILES string of the molecule is CCOc1ccccc1NC(=O)CNc1cc(CO)ccc1Cl. The summed E-state index contributed by atoms with van der Waals surface area (Å²) in [6.45, 7) is 2.37. The molecule has 0 aliphatic rings. The van der Waals surface area contributed by atoms with Crippen LogP contribution in [0.3, 0.4) is 0 Å². The zero-order valence-electron chi connectivity index (χ0n) is 12.8. The molecule has 3 N–H and O–H groups in total. The van der Waals surface area contributed by atoms with Crippen LogP contribution in [0.4, 0.5) is 11.4 Å². The number of halogens is 1. The quantitative estimate of drug-likeness (QED) is 0.726. The van der Waals surface area contributed by atoms with Crippen LogP contribution in [0.1, 0.15) is 12.5 Å². The molecular formula is C17H19ClN2O3. The van der Waals surface area contributed by atoms with Crippen LogP contribution in [0.15, 0.2) is 42.5 Å². The lowest BCUT2D eigenvalue weighted by molar-refractivity contribution is -0.114.